The molecule has 0 radical (unpaired) electrons. The minimum Gasteiger partial charge on any atom is -0.381 e. The number of nitrogens with two attached hydrogens (primary N) is 1. The van der Waals surface area contributed by atoms with Crippen molar-refractivity contribution in [1.29, 1.82) is 0 Å². The molecule has 1 heterocycles. The van der Waals surface area contributed by atoms with E-state index in [4.69, 9.17) is 33.8 Å². The van der Waals surface area contributed by atoms with Gasteiger partial charge in [0.05, 0.1) is 24.4 Å². The fraction of sp³-hybridized carbons (Fsp3) is 0.261. The van der Waals surface area contributed by atoms with E-state index >= 15 is 0 Å². The summed E-state index contributed by atoms with van der Waals surface area (Å²) < 4.78 is 0. The summed E-state index contributed by atoms with van der Waals surface area (Å²) >= 11 is 12.5. The fourth-order valence-corrected chi connectivity index (χ4v) is 3.83. The molecule has 1 aliphatic rings. The van der Waals surface area contributed by atoms with Crippen molar-refractivity contribution in [3.63, 3.8) is 0 Å². The van der Waals surface area contributed by atoms with Crippen LogP contribution in [0, 0.1) is 5.92 Å². The number of hydroxylamine groups is 1. The van der Waals surface area contributed by atoms with Crippen molar-refractivity contribution in [1.82, 2.24) is 15.4 Å². The van der Waals surface area contributed by atoms with E-state index in [1.165, 1.54) is 0 Å². The van der Waals surface area contributed by atoms with Crippen LogP contribution in [-0.2, 0) is 22.7 Å². The van der Waals surface area contributed by atoms with E-state index in [1.807, 2.05) is 24.3 Å². The minimum atomic E-state index is -0.189. The zero-order valence-electron chi connectivity index (χ0n) is 17.3. The number of carbonyl (C=O) groups is 1. The summed E-state index contributed by atoms with van der Waals surface area (Å²) in [5, 5.41) is 4.29. The molecule has 4 N–H and O–H groups in total. The second-order valence-electron chi connectivity index (χ2n) is 7.61. The Bertz CT molecular complexity index is 1100. The molecule has 166 valence electrons. The third-order valence-corrected chi connectivity index (χ3v) is 6.11. The molecule has 32 heavy (non-hydrogen) atoms. The summed E-state index contributed by atoms with van der Waals surface area (Å²) in [7, 11) is 0. The average Bonchev–Trinajstić information content (AvgIpc) is 2.73. The first kappa shape index (κ1) is 22.3. The Morgan fingerprint density at radius 3 is 2.59 bits per heavy atom. The molecule has 2 aromatic carbocycles. The van der Waals surface area contributed by atoms with E-state index in [-0.39, 0.29) is 17.7 Å². The van der Waals surface area contributed by atoms with Gasteiger partial charge in [0.1, 0.15) is 0 Å². The van der Waals surface area contributed by atoms with Crippen LogP contribution in [0.4, 0.5) is 11.6 Å². The SMILES string of the molecule is Nc1ncc(-c2cccc(CNOC(=O)C3CCC3)c2)nc1NCc1c(Cl)cccc1Cl. The zero-order chi connectivity index (χ0) is 22.5. The van der Waals surface area contributed by atoms with Crippen LogP contribution in [0.15, 0.2) is 48.7 Å². The minimum absolute atomic E-state index is 0.0328. The molecule has 0 spiro atoms. The zero-order valence-corrected chi connectivity index (χ0v) is 18.8. The number of hydrogen-bond acceptors (Lipinski definition) is 7. The van der Waals surface area contributed by atoms with Crippen molar-refractivity contribution in [2.45, 2.75) is 32.4 Å². The topological polar surface area (TPSA) is 102 Å². The highest BCUT2D eigenvalue weighted by Gasteiger charge is 2.26. The molecule has 1 aliphatic carbocycles. The number of nitrogen functional groups attached to an aromatic ring is 1. The molecule has 1 saturated carbocycles. The maximum atomic E-state index is 11.8. The maximum absolute atomic E-state index is 11.8. The van der Waals surface area contributed by atoms with Crippen LogP contribution >= 0.6 is 23.2 Å². The summed E-state index contributed by atoms with van der Waals surface area (Å²) in [5.41, 5.74) is 12.0. The molecule has 7 nitrogen and oxygen atoms in total. The monoisotopic (exact) mass is 471 g/mol. The van der Waals surface area contributed by atoms with Gasteiger partial charge in [-0.1, -0.05) is 53.9 Å². The molecule has 4 rings (SSSR count). The van der Waals surface area contributed by atoms with Gasteiger partial charge in [0.2, 0.25) is 0 Å². The van der Waals surface area contributed by atoms with Gasteiger partial charge in [-0.3, -0.25) is 4.79 Å². The summed E-state index contributed by atoms with van der Waals surface area (Å²) in [5.74, 6) is 0.561. The highest BCUT2D eigenvalue weighted by molar-refractivity contribution is 6.36. The van der Waals surface area contributed by atoms with Crippen LogP contribution < -0.4 is 16.5 Å². The molecule has 0 bridgehead atoms. The van der Waals surface area contributed by atoms with Crippen molar-refractivity contribution in [2.75, 3.05) is 11.1 Å². The molecule has 0 atom stereocenters. The second kappa shape index (κ2) is 10.2. The van der Waals surface area contributed by atoms with Gasteiger partial charge in [0, 0.05) is 27.7 Å². The molecule has 0 amide bonds. The number of aromatic nitrogens is 2. The first-order valence-electron chi connectivity index (χ1n) is 10.3. The van der Waals surface area contributed by atoms with Crippen molar-refractivity contribution in [3.05, 3.63) is 69.8 Å². The molecule has 0 unspecified atom stereocenters. The summed E-state index contributed by atoms with van der Waals surface area (Å²) in [6.07, 6.45) is 4.52. The molecule has 0 aliphatic heterocycles. The van der Waals surface area contributed by atoms with Gasteiger partial charge >= 0.3 is 5.97 Å². The van der Waals surface area contributed by atoms with Crippen molar-refractivity contribution in [2.24, 2.45) is 5.92 Å². The molecule has 9 heteroatoms. The number of anilines is 2. The Labute approximate surface area is 196 Å². The lowest BCUT2D eigenvalue weighted by Gasteiger charge is -2.22. The fourth-order valence-electron chi connectivity index (χ4n) is 3.30. The normalized spacial score (nSPS) is 13.4. The van der Waals surface area contributed by atoms with Crippen LogP contribution in [0.3, 0.4) is 0 Å². The molecular weight excluding hydrogens is 449 g/mol. The van der Waals surface area contributed by atoms with Crippen molar-refractivity contribution >= 4 is 40.8 Å². The van der Waals surface area contributed by atoms with Crippen LogP contribution in [0.1, 0.15) is 30.4 Å². The van der Waals surface area contributed by atoms with Crippen molar-refractivity contribution < 1.29 is 9.63 Å². The molecule has 0 saturated heterocycles. The van der Waals surface area contributed by atoms with Crippen LogP contribution in [0.25, 0.3) is 11.3 Å². The van der Waals surface area contributed by atoms with E-state index in [9.17, 15) is 4.79 Å². The van der Waals surface area contributed by atoms with Crippen LogP contribution in [0.2, 0.25) is 10.0 Å². The standard InChI is InChI=1S/C23H23Cl2N5O2/c24-18-8-3-9-19(25)17(18)12-28-22-21(26)27-13-20(30-22)16-7-1-4-14(10-16)11-29-32-23(31)15-5-2-6-15/h1,3-4,7-10,13,15,29H,2,5-6,11-12H2,(H2,26,27)(H,28,30). The first-order chi connectivity index (χ1) is 15.5. The van der Waals surface area contributed by atoms with E-state index in [0.717, 1.165) is 36.0 Å². The van der Waals surface area contributed by atoms with E-state index in [2.05, 4.69) is 20.8 Å². The second-order valence-corrected chi connectivity index (χ2v) is 8.43. The Balaban J connectivity index is 1.43. The number of nitrogens with zero attached hydrogens (tertiary/aromatic N) is 2. The number of halogens is 2. The van der Waals surface area contributed by atoms with Gasteiger partial charge in [-0.05, 0) is 36.6 Å². The lowest BCUT2D eigenvalue weighted by molar-refractivity contribution is -0.159. The lowest BCUT2D eigenvalue weighted by atomic mass is 9.86. The number of carbonyl (C=O) groups excluding carboxylic acids is 1. The third-order valence-electron chi connectivity index (χ3n) is 5.41. The third kappa shape index (κ3) is 5.30. The molecular formula is C23H23Cl2N5O2. The van der Waals surface area contributed by atoms with E-state index in [0.29, 0.717) is 34.6 Å². The van der Waals surface area contributed by atoms with Gasteiger partial charge in [0.25, 0.3) is 0 Å². The summed E-state index contributed by atoms with van der Waals surface area (Å²) in [4.78, 5) is 25.9. The number of nitrogens with one attached hydrogen (secondary N) is 2. The van der Waals surface area contributed by atoms with Gasteiger partial charge in [-0.25, -0.2) is 9.97 Å². The Kier molecular flexibility index (Phi) is 7.09. The van der Waals surface area contributed by atoms with Gasteiger partial charge in [-0.15, -0.1) is 5.48 Å². The quantitative estimate of drug-likeness (QED) is 0.397. The van der Waals surface area contributed by atoms with Crippen LogP contribution in [0.5, 0.6) is 0 Å². The van der Waals surface area contributed by atoms with Gasteiger partial charge < -0.3 is 15.9 Å². The highest BCUT2D eigenvalue weighted by Crippen LogP contribution is 2.28. The van der Waals surface area contributed by atoms with Crippen LogP contribution in [-0.4, -0.2) is 15.9 Å². The van der Waals surface area contributed by atoms with E-state index in [1.54, 1.807) is 24.4 Å². The molecule has 1 fully saturated rings. The Morgan fingerprint density at radius 2 is 1.88 bits per heavy atom. The number of hydrogen-bond donors (Lipinski definition) is 3. The smallest absolute Gasteiger partial charge is 0.327 e. The molecule has 3 aromatic rings. The van der Waals surface area contributed by atoms with Gasteiger partial charge in [-0.2, -0.15) is 0 Å². The summed E-state index contributed by atoms with van der Waals surface area (Å²) in [6, 6.07) is 13.1. The van der Waals surface area contributed by atoms with Gasteiger partial charge in [0.15, 0.2) is 11.6 Å². The number of rotatable bonds is 8. The first-order valence-corrected chi connectivity index (χ1v) is 11.1. The average molecular weight is 472 g/mol. The highest BCUT2D eigenvalue weighted by atomic mass is 35.5. The largest absolute Gasteiger partial charge is 0.381 e. The molecule has 1 aromatic heterocycles. The summed E-state index contributed by atoms with van der Waals surface area (Å²) in [6.45, 7) is 0.752. The number of benzene rings is 2. The maximum Gasteiger partial charge on any atom is 0.327 e. The Morgan fingerprint density at radius 1 is 1.12 bits per heavy atom. The van der Waals surface area contributed by atoms with Crippen molar-refractivity contribution in [3.8, 4) is 11.3 Å². The lowest BCUT2D eigenvalue weighted by Crippen LogP contribution is -2.29. The Hall–Kier alpha value is -2.87. The van der Waals surface area contributed by atoms with E-state index < -0.39 is 0 Å². The predicted molar refractivity (Wildman–Crippen MR) is 126 cm³/mol. The predicted octanol–water partition coefficient (Wildman–Crippen LogP) is 4.99.